The molecule has 0 spiro atoms. The van der Waals surface area contributed by atoms with Gasteiger partial charge in [-0.25, -0.2) is 16.8 Å². The molecule has 0 amide bonds. The van der Waals surface area contributed by atoms with Crippen molar-refractivity contribution in [2.45, 2.75) is 29.5 Å². The van der Waals surface area contributed by atoms with Gasteiger partial charge in [-0.3, -0.25) is 0 Å². The molecule has 2 unspecified atom stereocenters. The van der Waals surface area contributed by atoms with Crippen molar-refractivity contribution in [3.63, 3.8) is 0 Å². The van der Waals surface area contributed by atoms with E-state index < -0.39 is 31.0 Å². The fraction of sp³-hybridized carbons (Fsp3) is 0.538. The lowest BCUT2D eigenvalue weighted by Crippen LogP contribution is -2.43. The van der Waals surface area contributed by atoms with Crippen molar-refractivity contribution in [1.82, 2.24) is 5.32 Å². The maximum absolute atomic E-state index is 12.7. The average Bonchev–Trinajstić information content (AvgIpc) is 2.73. The van der Waals surface area contributed by atoms with Crippen molar-refractivity contribution < 1.29 is 16.8 Å². The Balaban J connectivity index is 2.34. The zero-order valence-corrected chi connectivity index (χ0v) is 14.0. The second-order valence-corrected chi connectivity index (χ2v) is 9.93. The molecule has 2 rings (SSSR count). The standard InChI is InChI=1S/C13H18ClNO4S2/c1-2-7-15-12-8-20(16,17)9-13(12)21(18,19)11-5-3-10(14)4-6-11/h3-6,12-13,15H,2,7-9H2,1H3. The molecule has 1 fully saturated rings. The molecule has 0 aliphatic carbocycles. The van der Waals surface area contributed by atoms with Crippen molar-refractivity contribution in [3.05, 3.63) is 29.3 Å². The molecule has 21 heavy (non-hydrogen) atoms. The van der Waals surface area contributed by atoms with Crippen molar-refractivity contribution >= 4 is 31.3 Å². The fourth-order valence-electron chi connectivity index (χ4n) is 2.44. The average molecular weight is 352 g/mol. The number of benzene rings is 1. The molecule has 0 aromatic heterocycles. The van der Waals surface area contributed by atoms with Crippen LogP contribution < -0.4 is 5.32 Å². The smallest absolute Gasteiger partial charge is 0.183 e. The van der Waals surface area contributed by atoms with E-state index in [9.17, 15) is 16.8 Å². The minimum absolute atomic E-state index is 0.109. The summed E-state index contributed by atoms with van der Waals surface area (Å²) in [7, 11) is -7.05. The summed E-state index contributed by atoms with van der Waals surface area (Å²) in [5, 5.41) is 2.53. The Labute approximate surface area is 130 Å². The Morgan fingerprint density at radius 2 is 1.86 bits per heavy atom. The van der Waals surface area contributed by atoms with Crippen molar-refractivity contribution in [2.75, 3.05) is 18.1 Å². The van der Waals surface area contributed by atoms with Gasteiger partial charge in [0, 0.05) is 11.1 Å². The highest BCUT2D eigenvalue weighted by molar-refractivity contribution is 7.96. The maximum atomic E-state index is 12.7. The van der Waals surface area contributed by atoms with Gasteiger partial charge in [-0.2, -0.15) is 0 Å². The molecule has 1 aliphatic rings. The van der Waals surface area contributed by atoms with Gasteiger partial charge in [0.15, 0.2) is 19.7 Å². The zero-order valence-electron chi connectivity index (χ0n) is 11.6. The number of rotatable bonds is 5. The third-order valence-electron chi connectivity index (χ3n) is 3.50. The van der Waals surface area contributed by atoms with Gasteiger partial charge in [0.05, 0.1) is 21.7 Å². The van der Waals surface area contributed by atoms with Crippen LogP contribution in [0.1, 0.15) is 13.3 Å². The zero-order chi connectivity index (χ0) is 15.7. The summed E-state index contributed by atoms with van der Waals surface area (Å²) in [5.74, 6) is -0.468. The molecule has 0 saturated carbocycles. The summed E-state index contributed by atoms with van der Waals surface area (Å²) in [5.41, 5.74) is 0. The summed E-state index contributed by atoms with van der Waals surface area (Å²) in [6, 6.07) is 5.26. The Bertz CT molecular complexity index is 698. The lowest BCUT2D eigenvalue weighted by Gasteiger charge is -2.19. The number of hydrogen-bond acceptors (Lipinski definition) is 5. The van der Waals surface area contributed by atoms with Gasteiger partial charge >= 0.3 is 0 Å². The van der Waals surface area contributed by atoms with Crippen LogP contribution in [0.2, 0.25) is 5.02 Å². The molecule has 0 radical (unpaired) electrons. The van der Waals surface area contributed by atoms with Crippen molar-refractivity contribution in [2.24, 2.45) is 0 Å². The van der Waals surface area contributed by atoms with Crippen LogP contribution in [0.15, 0.2) is 29.2 Å². The predicted octanol–water partition coefficient (Wildman–Crippen LogP) is 1.28. The van der Waals surface area contributed by atoms with Crippen molar-refractivity contribution in [1.29, 1.82) is 0 Å². The van der Waals surface area contributed by atoms with E-state index in [1.165, 1.54) is 24.3 Å². The van der Waals surface area contributed by atoms with E-state index in [0.717, 1.165) is 6.42 Å². The largest absolute Gasteiger partial charge is 0.312 e. The third-order valence-corrected chi connectivity index (χ3v) is 7.92. The van der Waals surface area contributed by atoms with Gasteiger partial charge in [-0.1, -0.05) is 18.5 Å². The molecule has 1 saturated heterocycles. The number of nitrogens with one attached hydrogen (secondary N) is 1. The van der Waals surface area contributed by atoms with E-state index in [-0.39, 0.29) is 16.4 Å². The first-order valence-corrected chi connectivity index (χ1v) is 10.4. The van der Waals surface area contributed by atoms with E-state index >= 15 is 0 Å². The van der Waals surface area contributed by atoms with Crippen LogP contribution in [0.5, 0.6) is 0 Å². The molecule has 8 heteroatoms. The Morgan fingerprint density at radius 3 is 2.43 bits per heavy atom. The highest BCUT2D eigenvalue weighted by Crippen LogP contribution is 2.26. The first-order chi connectivity index (χ1) is 9.76. The summed E-state index contributed by atoms with van der Waals surface area (Å²) in [4.78, 5) is 0.109. The molecule has 118 valence electrons. The molecule has 1 aromatic rings. The van der Waals surface area contributed by atoms with E-state index in [1.54, 1.807) is 0 Å². The molecule has 1 heterocycles. The molecule has 5 nitrogen and oxygen atoms in total. The monoisotopic (exact) mass is 351 g/mol. The number of sulfone groups is 2. The minimum Gasteiger partial charge on any atom is -0.312 e. The number of hydrogen-bond donors (Lipinski definition) is 1. The highest BCUT2D eigenvalue weighted by atomic mass is 35.5. The summed E-state index contributed by atoms with van der Waals surface area (Å²) >= 11 is 5.76. The van der Waals surface area contributed by atoms with Gasteiger partial charge in [0.1, 0.15) is 0 Å². The van der Waals surface area contributed by atoms with Crippen LogP contribution in [0.3, 0.4) is 0 Å². The molecule has 0 bridgehead atoms. The van der Waals surface area contributed by atoms with Crippen LogP contribution in [0, 0.1) is 0 Å². The Kier molecular flexibility index (Phi) is 4.97. The molecular formula is C13H18ClNO4S2. The number of halogens is 1. The Morgan fingerprint density at radius 1 is 1.24 bits per heavy atom. The SMILES string of the molecule is CCCNC1CS(=O)(=O)CC1S(=O)(=O)c1ccc(Cl)cc1. The second-order valence-electron chi connectivity index (χ2n) is 5.17. The topological polar surface area (TPSA) is 80.3 Å². The predicted molar refractivity (Wildman–Crippen MR) is 83.2 cm³/mol. The van der Waals surface area contributed by atoms with Crippen LogP contribution in [-0.2, 0) is 19.7 Å². The Hall–Kier alpha value is -0.630. The molecule has 1 N–H and O–H groups in total. The van der Waals surface area contributed by atoms with Gasteiger partial charge in [-0.05, 0) is 37.2 Å². The van der Waals surface area contributed by atoms with Crippen LogP contribution >= 0.6 is 11.6 Å². The van der Waals surface area contributed by atoms with Crippen LogP contribution in [0.4, 0.5) is 0 Å². The van der Waals surface area contributed by atoms with E-state index in [2.05, 4.69) is 5.32 Å². The summed E-state index contributed by atoms with van der Waals surface area (Å²) < 4.78 is 49.0. The fourth-order valence-corrected chi connectivity index (χ4v) is 7.28. The van der Waals surface area contributed by atoms with E-state index in [4.69, 9.17) is 11.6 Å². The maximum Gasteiger partial charge on any atom is 0.183 e. The minimum atomic E-state index is -3.71. The molecular weight excluding hydrogens is 334 g/mol. The normalized spacial score (nSPS) is 25.0. The van der Waals surface area contributed by atoms with E-state index in [1.807, 2.05) is 6.92 Å². The summed E-state index contributed by atoms with van der Waals surface area (Å²) in [6.07, 6.45) is 0.810. The lowest BCUT2D eigenvalue weighted by molar-refractivity contribution is 0.525. The first-order valence-electron chi connectivity index (χ1n) is 6.69. The molecule has 2 atom stereocenters. The van der Waals surface area contributed by atoms with Gasteiger partial charge in [0.25, 0.3) is 0 Å². The third kappa shape index (κ3) is 3.77. The first kappa shape index (κ1) is 16.7. The second kappa shape index (κ2) is 6.24. The van der Waals surface area contributed by atoms with Crippen molar-refractivity contribution in [3.8, 4) is 0 Å². The molecule has 1 aliphatic heterocycles. The van der Waals surface area contributed by atoms with Gasteiger partial charge in [0.2, 0.25) is 0 Å². The van der Waals surface area contributed by atoms with Gasteiger partial charge in [-0.15, -0.1) is 0 Å². The highest BCUT2D eigenvalue weighted by Gasteiger charge is 2.45. The van der Waals surface area contributed by atoms with Crippen LogP contribution in [0.25, 0.3) is 0 Å². The van der Waals surface area contributed by atoms with Crippen LogP contribution in [-0.4, -0.2) is 46.2 Å². The van der Waals surface area contributed by atoms with Gasteiger partial charge < -0.3 is 5.32 Å². The van der Waals surface area contributed by atoms with E-state index in [0.29, 0.717) is 11.6 Å². The lowest BCUT2D eigenvalue weighted by atomic mass is 10.2. The molecule has 1 aromatic carbocycles. The quantitative estimate of drug-likeness (QED) is 0.864. The summed E-state index contributed by atoms with van der Waals surface area (Å²) in [6.45, 7) is 2.53.